The van der Waals surface area contributed by atoms with E-state index in [0.717, 1.165) is 61.8 Å². The Kier molecular flexibility index (Phi) is 4.93. The molecule has 0 radical (unpaired) electrons. The summed E-state index contributed by atoms with van der Waals surface area (Å²) in [6.07, 6.45) is 9.10. The molecule has 2 aliphatic heterocycles. The molecule has 0 bridgehead atoms. The highest BCUT2D eigenvalue weighted by molar-refractivity contribution is 5.56. The number of aromatic nitrogens is 6. The molecular formula is C21H25N7O. The Morgan fingerprint density at radius 3 is 2.79 bits per heavy atom. The van der Waals surface area contributed by atoms with Gasteiger partial charge in [0.15, 0.2) is 0 Å². The molecule has 0 amide bonds. The number of aryl methyl sites for hydroxylation is 1. The maximum atomic E-state index is 12.4. The van der Waals surface area contributed by atoms with Gasteiger partial charge in [-0.2, -0.15) is 5.10 Å². The van der Waals surface area contributed by atoms with Crippen LogP contribution in [0.25, 0.3) is 11.3 Å². The molecule has 29 heavy (non-hydrogen) atoms. The van der Waals surface area contributed by atoms with Gasteiger partial charge in [-0.3, -0.25) is 14.7 Å². The average Bonchev–Trinajstić information content (AvgIpc) is 3.38. The van der Waals surface area contributed by atoms with Crippen molar-refractivity contribution < 1.29 is 0 Å². The van der Waals surface area contributed by atoms with E-state index in [0.29, 0.717) is 6.54 Å². The first-order valence-corrected chi connectivity index (χ1v) is 10.4. The van der Waals surface area contributed by atoms with Crippen LogP contribution in [-0.2, 0) is 26.1 Å². The highest BCUT2D eigenvalue weighted by Crippen LogP contribution is 2.23. The highest BCUT2D eigenvalue weighted by Gasteiger charge is 2.28. The van der Waals surface area contributed by atoms with Crippen LogP contribution in [0.4, 0.5) is 0 Å². The molecule has 1 fully saturated rings. The van der Waals surface area contributed by atoms with Crippen LogP contribution in [0.2, 0.25) is 0 Å². The minimum Gasteiger partial charge on any atom is -0.314 e. The van der Waals surface area contributed by atoms with Crippen LogP contribution in [-0.4, -0.2) is 47.0 Å². The Labute approximate surface area is 169 Å². The van der Waals surface area contributed by atoms with E-state index >= 15 is 0 Å². The van der Waals surface area contributed by atoms with Gasteiger partial charge in [-0.15, -0.1) is 10.2 Å². The Morgan fingerprint density at radius 1 is 1.00 bits per heavy atom. The van der Waals surface area contributed by atoms with Gasteiger partial charge in [0.1, 0.15) is 11.6 Å². The lowest BCUT2D eigenvalue weighted by Gasteiger charge is -2.25. The van der Waals surface area contributed by atoms with E-state index in [2.05, 4.69) is 29.7 Å². The molecule has 5 heterocycles. The largest absolute Gasteiger partial charge is 0.314 e. The molecule has 150 valence electrons. The fourth-order valence-corrected chi connectivity index (χ4v) is 4.43. The lowest BCUT2D eigenvalue weighted by atomic mass is 10.1. The Morgan fingerprint density at radius 2 is 1.90 bits per heavy atom. The van der Waals surface area contributed by atoms with Crippen LogP contribution in [0.1, 0.15) is 37.3 Å². The van der Waals surface area contributed by atoms with Gasteiger partial charge < -0.3 is 4.57 Å². The zero-order valence-corrected chi connectivity index (χ0v) is 16.4. The SMILES string of the molecule is O=c1ccc(-c2ccncc2)nn1CC1CCCN1Cc1nnc2n1CCCC2. The second-order valence-electron chi connectivity index (χ2n) is 7.88. The Bertz CT molecular complexity index is 1040. The first-order chi connectivity index (χ1) is 14.3. The van der Waals surface area contributed by atoms with Crippen molar-refractivity contribution in [3.05, 3.63) is 58.7 Å². The van der Waals surface area contributed by atoms with Crippen molar-refractivity contribution in [2.75, 3.05) is 6.54 Å². The molecule has 1 atom stereocenters. The first kappa shape index (κ1) is 18.2. The van der Waals surface area contributed by atoms with Gasteiger partial charge in [0.2, 0.25) is 0 Å². The first-order valence-electron chi connectivity index (χ1n) is 10.4. The second kappa shape index (κ2) is 7.87. The van der Waals surface area contributed by atoms with Crippen molar-refractivity contribution in [1.29, 1.82) is 0 Å². The van der Waals surface area contributed by atoms with E-state index in [9.17, 15) is 4.79 Å². The van der Waals surface area contributed by atoms with Crippen molar-refractivity contribution in [2.24, 2.45) is 0 Å². The minimum atomic E-state index is -0.0606. The predicted molar refractivity (Wildman–Crippen MR) is 108 cm³/mol. The summed E-state index contributed by atoms with van der Waals surface area (Å²) in [6, 6.07) is 7.49. The van der Waals surface area contributed by atoms with Crippen LogP contribution >= 0.6 is 0 Å². The van der Waals surface area contributed by atoms with Gasteiger partial charge in [0, 0.05) is 43.0 Å². The third kappa shape index (κ3) is 3.72. The highest BCUT2D eigenvalue weighted by atomic mass is 16.1. The van der Waals surface area contributed by atoms with Crippen molar-refractivity contribution in [2.45, 2.75) is 57.8 Å². The summed E-state index contributed by atoms with van der Waals surface area (Å²) in [5.41, 5.74) is 1.70. The van der Waals surface area contributed by atoms with Gasteiger partial charge >= 0.3 is 0 Å². The van der Waals surface area contributed by atoms with Crippen LogP contribution in [0.3, 0.4) is 0 Å². The summed E-state index contributed by atoms with van der Waals surface area (Å²) in [4.78, 5) is 18.9. The predicted octanol–water partition coefficient (Wildman–Crippen LogP) is 1.90. The number of fused-ring (bicyclic) bond motifs is 1. The molecule has 0 spiro atoms. The van der Waals surface area contributed by atoms with E-state index in [1.165, 1.54) is 12.8 Å². The number of likely N-dealkylation sites (tertiary alicyclic amines) is 1. The molecule has 2 aliphatic rings. The summed E-state index contributed by atoms with van der Waals surface area (Å²) in [5.74, 6) is 2.17. The van der Waals surface area contributed by atoms with Crippen molar-refractivity contribution in [3.63, 3.8) is 0 Å². The van der Waals surface area contributed by atoms with E-state index in [4.69, 9.17) is 0 Å². The number of nitrogens with zero attached hydrogens (tertiary/aromatic N) is 7. The lowest BCUT2D eigenvalue weighted by Crippen LogP contribution is -2.37. The van der Waals surface area contributed by atoms with E-state index < -0.39 is 0 Å². The molecule has 1 unspecified atom stereocenters. The Balaban J connectivity index is 1.35. The number of hydrogen-bond donors (Lipinski definition) is 0. The molecular weight excluding hydrogens is 366 g/mol. The standard InChI is InChI=1S/C21H25N7O/c29-21-7-6-18(16-8-10-22-11-9-16)25-28(21)14-17-4-3-12-26(17)15-20-24-23-19-5-1-2-13-27(19)20/h6-11,17H,1-5,12-15H2. The summed E-state index contributed by atoms with van der Waals surface area (Å²) >= 11 is 0. The van der Waals surface area contributed by atoms with Gasteiger partial charge in [-0.25, -0.2) is 4.68 Å². The van der Waals surface area contributed by atoms with Crippen LogP contribution in [0.5, 0.6) is 0 Å². The third-order valence-electron chi connectivity index (χ3n) is 6.01. The number of rotatable bonds is 5. The lowest BCUT2D eigenvalue weighted by molar-refractivity contribution is 0.208. The summed E-state index contributed by atoms with van der Waals surface area (Å²) in [5, 5.41) is 13.5. The number of pyridine rings is 1. The topological polar surface area (TPSA) is 81.7 Å². The normalized spacial score (nSPS) is 19.4. The van der Waals surface area contributed by atoms with E-state index in [1.54, 1.807) is 29.2 Å². The molecule has 0 aliphatic carbocycles. The van der Waals surface area contributed by atoms with E-state index in [1.807, 2.05) is 12.1 Å². The molecule has 1 saturated heterocycles. The molecule has 8 nitrogen and oxygen atoms in total. The quantitative estimate of drug-likeness (QED) is 0.661. The number of hydrogen-bond acceptors (Lipinski definition) is 6. The van der Waals surface area contributed by atoms with Crippen LogP contribution in [0, 0.1) is 0 Å². The van der Waals surface area contributed by atoms with Gasteiger partial charge in [-0.05, 0) is 50.4 Å². The molecule has 0 saturated carbocycles. The summed E-state index contributed by atoms with van der Waals surface area (Å²) in [7, 11) is 0. The minimum absolute atomic E-state index is 0.0606. The zero-order valence-electron chi connectivity index (χ0n) is 16.4. The Hall–Kier alpha value is -2.87. The fraction of sp³-hybridized carbons (Fsp3) is 0.476. The maximum Gasteiger partial charge on any atom is 0.266 e. The monoisotopic (exact) mass is 391 g/mol. The van der Waals surface area contributed by atoms with E-state index in [-0.39, 0.29) is 11.6 Å². The molecule has 5 rings (SSSR count). The molecule has 8 heteroatoms. The van der Waals surface area contributed by atoms with Crippen molar-refractivity contribution in [1.82, 2.24) is 34.4 Å². The zero-order chi connectivity index (χ0) is 19.6. The van der Waals surface area contributed by atoms with Gasteiger partial charge in [-0.1, -0.05) is 0 Å². The summed E-state index contributed by atoms with van der Waals surface area (Å²) in [6.45, 7) is 3.42. The summed E-state index contributed by atoms with van der Waals surface area (Å²) < 4.78 is 3.89. The second-order valence-corrected chi connectivity index (χ2v) is 7.88. The van der Waals surface area contributed by atoms with Crippen molar-refractivity contribution >= 4 is 0 Å². The fourth-order valence-electron chi connectivity index (χ4n) is 4.43. The molecule has 0 N–H and O–H groups in total. The van der Waals surface area contributed by atoms with Crippen molar-refractivity contribution in [3.8, 4) is 11.3 Å². The smallest absolute Gasteiger partial charge is 0.266 e. The maximum absolute atomic E-state index is 12.4. The van der Waals surface area contributed by atoms with Crippen LogP contribution < -0.4 is 5.56 Å². The van der Waals surface area contributed by atoms with Gasteiger partial charge in [0.25, 0.3) is 5.56 Å². The molecule has 3 aromatic rings. The molecule has 0 aromatic carbocycles. The third-order valence-corrected chi connectivity index (χ3v) is 6.01. The van der Waals surface area contributed by atoms with Crippen LogP contribution in [0.15, 0.2) is 41.5 Å². The van der Waals surface area contributed by atoms with Gasteiger partial charge in [0.05, 0.1) is 18.8 Å². The molecule has 3 aromatic heterocycles. The average molecular weight is 391 g/mol.